The van der Waals surface area contributed by atoms with Crippen molar-refractivity contribution in [3.05, 3.63) is 29.3 Å². The van der Waals surface area contributed by atoms with Crippen LogP contribution in [0.2, 0.25) is 5.02 Å². The molecule has 9 heteroatoms. The largest absolute Gasteiger partial charge is 0.322 e. The van der Waals surface area contributed by atoms with Gasteiger partial charge in [-0.05, 0) is 25.0 Å². The second-order valence-corrected chi connectivity index (χ2v) is 9.70. The van der Waals surface area contributed by atoms with Crippen molar-refractivity contribution in [1.29, 1.82) is 0 Å². The summed E-state index contributed by atoms with van der Waals surface area (Å²) in [7, 11) is -3.17. The van der Waals surface area contributed by atoms with E-state index < -0.39 is 10.0 Å². The number of urea groups is 1. The molecule has 1 aromatic carbocycles. The van der Waals surface area contributed by atoms with Crippen molar-refractivity contribution in [1.82, 2.24) is 14.1 Å². The summed E-state index contributed by atoms with van der Waals surface area (Å²) in [5.41, 5.74) is 0.477. The third kappa shape index (κ3) is 4.39. The molecule has 0 bridgehead atoms. The number of para-hydroxylation sites is 1. The number of piperazine rings is 1. The molecule has 7 nitrogen and oxygen atoms in total. The van der Waals surface area contributed by atoms with Gasteiger partial charge in [0.05, 0.1) is 17.0 Å². The molecule has 3 rings (SSSR count). The number of nitrogens with one attached hydrogen (secondary N) is 1. The third-order valence-electron chi connectivity index (χ3n) is 5.78. The standard InChI is InChI=1S/C18H27ClN4O3S/c1-3-18(8-9-23(14-18)27(2,25)26)22-12-10-21(11-13-22)17(24)20-16-7-5-4-6-15(16)19/h4-7H,3,8-14H2,1-2H3,(H,20,24). The first-order valence-electron chi connectivity index (χ1n) is 9.26. The number of amides is 2. The second-order valence-electron chi connectivity index (χ2n) is 7.31. The molecular weight excluding hydrogens is 388 g/mol. The molecule has 27 heavy (non-hydrogen) atoms. The summed E-state index contributed by atoms with van der Waals surface area (Å²) in [6.45, 7) is 5.91. The minimum absolute atomic E-state index is 0.131. The lowest BCUT2D eigenvalue weighted by Gasteiger charge is -2.45. The number of anilines is 1. The highest BCUT2D eigenvalue weighted by molar-refractivity contribution is 7.88. The van der Waals surface area contributed by atoms with Crippen LogP contribution >= 0.6 is 11.6 Å². The Morgan fingerprint density at radius 2 is 1.85 bits per heavy atom. The molecule has 0 aromatic heterocycles. The van der Waals surface area contributed by atoms with Crippen LogP contribution in [-0.2, 0) is 10.0 Å². The smallest absolute Gasteiger partial charge is 0.321 e. The molecule has 1 aromatic rings. The monoisotopic (exact) mass is 414 g/mol. The zero-order valence-corrected chi connectivity index (χ0v) is 17.4. The molecule has 2 fully saturated rings. The van der Waals surface area contributed by atoms with Crippen molar-refractivity contribution in [2.75, 3.05) is 50.8 Å². The Hall–Kier alpha value is -1.35. The molecule has 1 atom stereocenters. The van der Waals surface area contributed by atoms with Crippen molar-refractivity contribution in [2.45, 2.75) is 25.3 Å². The van der Waals surface area contributed by atoms with Gasteiger partial charge in [0, 0.05) is 44.8 Å². The van der Waals surface area contributed by atoms with E-state index in [0.29, 0.717) is 36.9 Å². The molecule has 2 saturated heterocycles. The topological polar surface area (TPSA) is 73.0 Å². The van der Waals surface area contributed by atoms with Crippen LogP contribution < -0.4 is 5.32 Å². The summed E-state index contributed by atoms with van der Waals surface area (Å²) in [5, 5.41) is 3.38. The molecule has 1 unspecified atom stereocenters. The number of hydrogen-bond acceptors (Lipinski definition) is 4. The number of carbonyl (C=O) groups is 1. The van der Waals surface area contributed by atoms with Gasteiger partial charge >= 0.3 is 6.03 Å². The Balaban J connectivity index is 1.60. The first-order chi connectivity index (χ1) is 12.7. The minimum Gasteiger partial charge on any atom is -0.322 e. The second kappa shape index (κ2) is 7.95. The average Bonchev–Trinajstić information content (AvgIpc) is 3.10. The number of hydrogen-bond donors (Lipinski definition) is 1. The van der Waals surface area contributed by atoms with Crippen molar-refractivity contribution >= 4 is 33.3 Å². The lowest BCUT2D eigenvalue weighted by Crippen LogP contribution is -2.59. The Bertz CT molecular complexity index is 796. The van der Waals surface area contributed by atoms with Crippen LogP contribution in [0.5, 0.6) is 0 Å². The van der Waals surface area contributed by atoms with Crippen LogP contribution in [0.4, 0.5) is 10.5 Å². The summed E-state index contributed by atoms with van der Waals surface area (Å²) in [5.74, 6) is 0. The lowest BCUT2D eigenvalue weighted by atomic mass is 9.92. The predicted molar refractivity (Wildman–Crippen MR) is 108 cm³/mol. The van der Waals surface area contributed by atoms with E-state index in [9.17, 15) is 13.2 Å². The lowest BCUT2D eigenvalue weighted by molar-refractivity contribution is 0.0498. The first-order valence-corrected chi connectivity index (χ1v) is 11.5. The molecule has 0 spiro atoms. The van der Waals surface area contributed by atoms with E-state index in [4.69, 9.17) is 11.6 Å². The van der Waals surface area contributed by atoms with E-state index >= 15 is 0 Å². The fourth-order valence-electron chi connectivity index (χ4n) is 4.01. The van der Waals surface area contributed by atoms with E-state index in [1.54, 1.807) is 21.3 Å². The van der Waals surface area contributed by atoms with Crippen molar-refractivity contribution in [2.24, 2.45) is 0 Å². The molecule has 0 aliphatic carbocycles. The quantitative estimate of drug-likeness (QED) is 0.820. The van der Waals surface area contributed by atoms with Crippen LogP contribution in [0, 0.1) is 0 Å². The fourth-order valence-corrected chi connectivity index (χ4v) is 5.09. The van der Waals surface area contributed by atoms with Crippen LogP contribution in [-0.4, -0.2) is 79.6 Å². The van der Waals surface area contributed by atoms with Gasteiger partial charge in [-0.3, -0.25) is 4.90 Å². The predicted octanol–water partition coefficient (Wildman–Crippen LogP) is 2.30. The van der Waals surface area contributed by atoms with Gasteiger partial charge in [-0.1, -0.05) is 30.7 Å². The number of rotatable bonds is 4. The maximum atomic E-state index is 12.5. The van der Waals surface area contributed by atoms with Crippen LogP contribution in [0.25, 0.3) is 0 Å². The molecule has 1 N–H and O–H groups in total. The molecule has 2 aliphatic heterocycles. The average molecular weight is 415 g/mol. The van der Waals surface area contributed by atoms with Gasteiger partial charge in [0.2, 0.25) is 10.0 Å². The molecule has 150 valence electrons. The maximum absolute atomic E-state index is 12.5. The zero-order chi connectivity index (χ0) is 19.7. The van der Waals surface area contributed by atoms with Crippen LogP contribution in [0.1, 0.15) is 19.8 Å². The van der Waals surface area contributed by atoms with Crippen LogP contribution in [0.3, 0.4) is 0 Å². The molecule has 0 saturated carbocycles. The number of benzene rings is 1. The van der Waals surface area contributed by atoms with Gasteiger partial charge in [0.1, 0.15) is 0 Å². The normalized spacial score (nSPS) is 24.9. The third-order valence-corrected chi connectivity index (χ3v) is 7.36. The number of sulfonamides is 1. The summed E-state index contributed by atoms with van der Waals surface area (Å²) < 4.78 is 25.4. The van der Waals surface area contributed by atoms with E-state index in [1.165, 1.54) is 6.26 Å². The highest BCUT2D eigenvalue weighted by Gasteiger charge is 2.45. The van der Waals surface area contributed by atoms with E-state index in [0.717, 1.165) is 25.9 Å². The maximum Gasteiger partial charge on any atom is 0.321 e. The Morgan fingerprint density at radius 1 is 1.19 bits per heavy atom. The van der Waals surface area contributed by atoms with E-state index in [2.05, 4.69) is 17.1 Å². The molecular formula is C18H27ClN4O3S. The highest BCUT2D eigenvalue weighted by Crippen LogP contribution is 2.33. The van der Waals surface area contributed by atoms with E-state index in [-0.39, 0.29) is 11.6 Å². The number of carbonyl (C=O) groups excluding carboxylic acids is 1. The summed E-state index contributed by atoms with van der Waals surface area (Å²) in [4.78, 5) is 16.7. The molecule has 2 heterocycles. The Labute approximate surface area is 166 Å². The Kier molecular flexibility index (Phi) is 6.00. The van der Waals surface area contributed by atoms with Crippen molar-refractivity contribution in [3.8, 4) is 0 Å². The first kappa shape index (κ1) is 20.4. The molecule has 2 amide bonds. The Morgan fingerprint density at radius 3 is 2.41 bits per heavy atom. The van der Waals surface area contributed by atoms with Gasteiger partial charge in [-0.15, -0.1) is 0 Å². The number of halogens is 1. The molecule has 0 radical (unpaired) electrons. The zero-order valence-electron chi connectivity index (χ0n) is 15.8. The van der Waals surface area contributed by atoms with E-state index in [1.807, 2.05) is 12.1 Å². The minimum atomic E-state index is -3.17. The van der Waals surface area contributed by atoms with Crippen molar-refractivity contribution in [3.63, 3.8) is 0 Å². The van der Waals surface area contributed by atoms with Gasteiger partial charge in [0.25, 0.3) is 0 Å². The van der Waals surface area contributed by atoms with Gasteiger partial charge in [-0.2, -0.15) is 0 Å². The molecule has 2 aliphatic rings. The van der Waals surface area contributed by atoms with Crippen molar-refractivity contribution < 1.29 is 13.2 Å². The van der Waals surface area contributed by atoms with Gasteiger partial charge in [0.15, 0.2) is 0 Å². The highest BCUT2D eigenvalue weighted by atomic mass is 35.5. The van der Waals surface area contributed by atoms with Gasteiger partial charge in [-0.25, -0.2) is 17.5 Å². The fraction of sp³-hybridized carbons (Fsp3) is 0.611. The number of nitrogens with zero attached hydrogens (tertiary/aromatic N) is 3. The SMILES string of the molecule is CCC1(N2CCN(C(=O)Nc3ccccc3Cl)CC2)CCN(S(C)(=O)=O)C1. The summed E-state index contributed by atoms with van der Waals surface area (Å²) >= 11 is 6.11. The summed E-state index contributed by atoms with van der Waals surface area (Å²) in [6.07, 6.45) is 3.00. The van der Waals surface area contributed by atoms with Crippen LogP contribution in [0.15, 0.2) is 24.3 Å². The summed E-state index contributed by atoms with van der Waals surface area (Å²) in [6, 6.07) is 7.02. The van der Waals surface area contributed by atoms with Gasteiger partial charge < -0.3 is 10.2 Å².